The SMILES string of the molecule is CCC1CCC(NCC(COC)OC)C1. The van der Waals surface area contributed by atoms with Gasteiger partial charge >= 0.3 is 0 Å². The van der Waals surface area contributed by atoms with Crippen molar-refractivity contribution in [1.29, 1.82) is 0 Å². The summed E-state index contributed by atoms with van der Waals surface area (Å²) in [6, 6.07) is 0.699. The van der Waals surface area contributed by atoms with Crippen LogP contribution in [0.1, 0.15) is 32.6 Å². The van der Waals surface area contributed by atoms with Gasteiger partial charge in [0.05, 0.1) is 12.7 Å². The second-order valence-electron chi connectivity index (χ2n) is 4.51. The number of hydrogen-bond donors (Lipinski definition) is 1. The summed E-state index contributed by atoms with van der Waals surface area (Å²) in [6.07, 6.45) is 5.55. The van der Waals surface area contributed by atoms with Gasteiger partial charge in [0, 0.05) is 26.8 Å². The molecule has 0 amide bonds. The van der Waals surface area contributed by atoms with E-state index >= 15 is 0 Å². The average Bonchev–Trinajstić information content (AvgIpc) is 2.72. The molecule has 0 aromatic rings. The zero-order valence-corrected chi connectivity index (χ0v) is 10.3. The quantitative estimate of drug-likeness (QED) is 0.702. The van der Waals surface area contributed by atoms with Crippen molar-refractivity contribution in [2.75, 3.05) is 27.4 Å². The fourth-order valence-corrected chi connectivity index (χ4v) is 2.33. The molecule has 90 valence electrons. The minimum Gasteiger partial charge on any atom is -0.382 e. The second kappa shape index (κ2) is 7.20. The molecular weight excluding hydrogens is 190 g/mol. The van der Waals surface area contributed by atoms with Crippen LogP contribution in [0.25, 0.3) is 0 Å². The molecule has 3 heteroatoms. The lowest BCUT2D eigenvalue weighted by molar-refractivity contribution is 0.0274. The van der Waals surface area contributed by atoms with E-state index in [9.17, 15) is 0 Å². The molecule has 3 atom stereocenters. The summed E-state index contributed by atoms with van der Waals surface area (Å²) in [4.78, 5) is 0. The molecule has 3 unspecified atom stereocenters. The van der Waals surface area contributed by atoms with Gasteiger partial charge in [-0.25, -0.2) is 0 Å². The Labute approximate surface area is 93.5 Å². The van der Waals surface area contributed by atoms with Crippen molar-refractivity contribution in [3.8, 4) is 0 Å². The largest absolute Gasteiger partial charge is 0.382 e. The van der Waals surface area contributed by atoms with Crippen molar-refractivity contribution in [1.82, 2.24) is 5.32 Å². The monoisotopic (exact) mass is 215 g/mol. The maximum atomic E-state index is 5.32. The highest BCUT2D eigenvalue weighted by Gasteiger charge is 2.23. The summed E-state index contributed by atoms with van der Waals surface area (Å²) in [5.74, 6) is 0.936. The zero-order valence-electron chi connectivity index (χ0n) is 10.3. The van der Waals surface area contributed by atoms with E-state index in [-0.39, 0.29) is 6.10 Å². The van der Waals surface area contributed by atoms with E-state index < -0.39 is 0 Å². The van der Waals surface area contributed by atoms with Gasteiger partial charge in [-0.15, -0.1) is 0 Å². The van der Waals surface area contributed by atoms with Crippen molar-refractivity contribution < 1.29 is 9.47 Å². The predicted octanol–water partition coefficient (Wildman–Crippen LogP) is 1.82. The van der Waals surface area contributed by atoms with Crippen molar-refractivity contribution in [3.05, 3.63) is 0 Å². The highest BCUT2D eigenvalue weighted by molar-refractivity contribution is 4.80. The smallest absolute Gasteiger partial charge is 0.0928 e. The molecule has 0 aromatic heterocycles. The van der Waals surface area contributed by atoms with Gasteiger partial charge in [0.2, 0.25) is 0 Å². The third-order valence-corrected chi connectivity index (χ3v) is 3.44. The Morgan fingerprint density at radius 2 is 2.13 bits per heavy atom. The molecule has 0 heterocycles. The number of hydrogen-bond acceptors (Lipinski definition) is 3. The highest BCUT2D eigenvalue weighted by Crippen LogP contribution is 2.27. The molecule has 0 radical (unpaired) electrons. The third kappa shape index (κ3) is 4.49. The van der Waals surface area contributed by atoms with Crippen LogP contribution in [0.15, 0.2) is 0 Å². The van der Waals surface area contributed by atoms with Gasteiger partial charge in [-0.05, 0) is 25.2 Å². The van der Waals surface area contributed by atoms with Crippen LogP contribution in [0, 0.1) is 5.92 Å². The molecular formula is C12H25NO2. The Morgan fingerprint density at radius 1 is 1.33 bits per heavy atom. The Morgan fingerprint density at radius 3 is 2.67 bits per heavy atom. The summed E-state index contributed by atoms with van der Waals surface area (Å²) in [5, 5.41) is 3.58. The number of nitrogens with one attached hydrogen (secondary N) is 1. The fourth-order valence-electron chi connectivity index (χ4n) is 2.33. The first-order valence-electron chi connectivity index (χ1n) is 6.05. The van der Waals surface area contributed by atoms with E-state index in [1.165, 1.54) is 25.7 Å². The molecule has 1 N–H and O–H groups in total. The summed E-state index contributed by atoms with van der Waals surface area (Å²) in [7, 11) is 3.46. The molecule has 15 heavy (non-hydrogen) atoms. The molecule has 0 bridgehead atoms. The Hall–Kier alpha value is -0.120. The number of methoxy groups -OCH3 is 2. The minimum absolute atomic E-state index is 0.190. The fraction of sp³-hybridized carbons (Fsp3) is 1.00. The topological polar surface area (TPSA) is 30.5 Å². The third-order valence-electron chi connectivity index (χ3n) is 3.44. The van der Waals surface area contributed by atoms with Crippen molar-refractivity contribution >= 4 is 0 Å². The Kier molecular flexibility index (Phi) is 6.22. The first kappa shape index (κ1) is 12.9. The van der Waals surface area contributed by atoms with Crippen molar-refractivity contribution in [2.24, 2.45) is 5.92 Å². The van der Waals surface area contributed by atoms with Crippen LogP contribution in [-0.4, -0.2) is 39.5 Å². The zero-order chi connectivity index (χ0) is 11.1. The van der Waals surface area contributed by atoms with Gasteiger partial charge in [0.1, 0.15) is 0 Å². The standard InChI is InChI=1S/C12H25NO2/c1-4-10-5-6-11(7-10)13-8-12(15-3)9-14-2/h10-13H,4-9H2,1-3H3. The molecule has 1 rings (SSSR count). The molecule has 1 saturated carbocycles. The normalized spacial score (nSPS) is 28.2. The van der Waals surface area contributed by atoms with Gasteiger partial charge in [-0.1, -0.05) is 13.3 Å². The lowest BCUT2D eigenvalue weighted by Crippen LogP contribution is -2.37. The molecule has 0 aliphatic heterocycles. The lowest BCUT2D eigenvalue weighted by Gasteiger charge is -2.18. The maximum absolute atomic E-state index is 5.32. The lowest BCUT2D eigenvalue weighted by atomic mass is 10.1. The van der Waals surface area contributed by atoms with Crippen molar-refractivity contribution in [3.63, 3.8) is 0 Å². The minimum atomic E-state index is 0.190. The first-order chi connectivity index (χ1) is 7.30. The van der Waals surface area contributed by atoms with Gasteiger partial charge in [-0.3, -0.25) is 0 Å². The van der Waals surface area contributed by atoms with Gasteiger partial charge in [0.25, 0.3) is 0 Å². The molecule has 0 spiro atoms. The molecule has 3 nitrogen and oxygen atoms in total. The van der Waals surface area contributed by atoms with E-state index in [1.807, 2.05) is 0 Å². The van der Waals surface area contributed by atoms with Gasteiger partial charge in [-0.2, -0.15) is 0 Å². The molecule has 1 aliphatic rings. The van der Waals surface area contributed by atoms with Crippen LogP contribution < -0.4 is 5.32 Å². The van der Waals surface area contributed by atoms with E-state index in [2.05, 4.69) is 12.2 Å². The predicted molar refractivity (Wildman–Crippen MR) is 62.1 cm³/mol. The van der Waals surface area contributed by atoms with Gasteiger partial charge in [0.15, 0.2) is 0 Å². The van der Waals surface area contributed by atoms with E-state index in [1.54, 1.807) is 14.2 Å². The molecule has 1 aliphatic carbocycles. The first-order valence-corrected chi connectivity index (χ1v) is 6.05. The van der Waals surface area contributed by atoms with E-state index in [4.69, 9.17) is 9.47 Å². The summed E-state index contributed by atoms with van der Waals surface area (Å²) in [6.45, 7) is 3.87. The number of ether oxygens (including phenoxy) is 2. The Bertz CT molecular complexity index is 164. The average molecular weight is 215 g/mol. The van der Waals surface area contributed by atoms with Gasteiger partial charge < -0.3 is 14.8 Å². The van der Waals surface area contributed by atoms with Crippen LogP contribution in [-0.2, 0) is 9.47 Å². The summed E-state index contributed by atoms with van der Waals surface area (Å²) >= 11 is 0. The Balaban J connectivity index is 2.13. The van der Waals surface area contributed by atoms with E-state index in [0.717, 1.165) is 12.5 Å². The van der Waals surface area contributed by atoms with Crippen LogP contribution in [0.3, 0.4) is 0 Å². The van der Waals surface area contributed by atoms with Crippen molar-refractivity contribution in [2.45, 2.75) is 44.8 Å². The van der Waals surface area contributed by atoms with Crippen LogP contribution in [0.4, 0.5) is 0 Å². The summed E-state index contributed by atoms with van der Waals surface area (Å²) in [5.41, 5.74) is 0. The maximum Gasteiger partial charge on any atom is 0.0928 e. The molecule has 0 aromatic carbocycles. The second-order valence-corrected chi connectivity index (χ2v) is 4.51. The number of rotatable bonds is 7. The van der Waals surface area contributed by atoms with E-state index in [0.29, 0.717) is 12.6 Å². The highest BCUT2D eigenvalue weighted by atomic mass is 16.5. The summed E-state index contributed by atoms with van der Waals surface area (Å²) < 4.78 is 10.4. The van der Waals surface area contributed by atoms with Crippen LogP contribution in [0.5, 0.6) is 0 Å². The molecule has 1 fully saturated rings. The molecule has 0 saturated heterocycles. The van der Waals surface area contributed by atoms with Crippen LogP contribution in [0.2, 0.25) is 0 Å². The van der Waals surface area contributed by atoms with Crippen LogP contribution >= 0.6 is 0 Å².